The molecule has 3 N–H and O–H groups in total. The molecule has 3 aromatic rings. The summed E-state index contributed by atoms with van der Waals surface area (Å²) < 4.78 is 0. The number of nitrogens with two attached hydrogens (primary N) is 1. The second-order valence-corrected chi connectivity index (χ2v) is 7.25. The molecule has 6 heteroatoms. The van der Waals surface area contributed by atoms with Gasteiger partial charge in [0, 0.05) is 41.2 Å². The van der Waals surface area contributed by atoms with Gasteiger partial charge in [-0.25, -0.2) is 4.98 Å². The van der Waals surface area contributed by atoms with Crippen molar-refractivity contribution in [2.24, 2.45) is 11.7 Å². The third-order valence-electron chi connectivity index (χ3n) is 5.32. The second kappa shape index (κ2) is 8.22. The summed E-state index contributed by atoms with van der Waals surface area (Å²) in [6.45, 7) is 0. The number of carbonyl (C=O) groups excluding carboxylic acids is 2. The van der Waals surface area contributed by atoms with E-state index in [2.05, 4.69) is 15.3 Å². The quantitative estimate of drug-likeness (QED) is 0.691. The first kappa shape index (κ1) is 18.8. The van der Waals surface area contributed by atoms with Crippen molar-refractivity contribution in [3.63, 3.8) is 0 Å². The predicted molar refractivity (Wildman–Crippen MR) is 112 cm³/mol. The third-order valence-corrected chi connectivity index (χ3v) is 5.32. The Hall–Kier alpha value is -3.54. The van der Waals surface area contributed by atoms with Crippen LogP contribution in [0.2, 0.25) is 0 Å². The standard InChI is InChI=1S/C23H22N4O2/c24-21(28)19-10-11-26-22(27-23(29)16-8-4-5-9-16)20(19)18-12-17(13-25-14-18)15-6-2-1-3-7-15/h1-3,6-7,10-14,16H,4-5,8-9H2,(H2,24,28)(H,26,27,29). The molecule has 29 heavy (non-hydrogen) atoms. The van der Waals surface area contributed by atoms with Crippen LogP contribution in [0, 0.1) is 5.92 Å². The van der Waals surface area contributed by atoms with Crippen molar-refractivity contribution >= 4 is 17.6 Å². The average Bonchev–Trinajstić information content (AvgIpc) is 3.29. The summed E-state index contributed by atoms with van der Waals surface area (Å²) in [5.74, 6) is -0.324. The summed E-state index contributed by atoms with van der Waals surface area (Å²) in [6, 6.07) is 13.3. The number of nitrogens with one attached hydrogen (secondary N) is 1. The molecular weight excluding hydrogens is 364 g/mol. The van der Waals surface area contributed by atoms with Crippen molar-refractivity contribution in [3.8, 4) is 22.3 Å². The maximum absolute atomic E-state index is 12.7. The molecule has 0 atom stereocenters. The monoisotopic (exact) mass is 386 g/mol. The highest BCUT2D eigenvalue weighted by molar-refractivity contribution is 6.05. The number of anilines is 1. The van der Waals surface area contributed by atoms with Crippen molar-refractivity contribution in [3.05, 3.63) is 66.6 Å². The molecule has 0 saturated heterocycles. The van der Waals surface area contributed by atoms with E-state index in [1.165, 1.54) is 6.20 Å². The Bertz CT molecular complexity index is 1040. The minimum atomic E-state index is -0.580. The highest BCUT2D eigenvalue weighted by atomic mass is 16.2. The topological polar surface area (TPSA) is 98.0 Å². The Morgan fingerprint density at radius 3 is 2.41 bits per heavy atom. The molecule has 1 aliphatic rings. The molecule has 0 radical (unpaired) electrons. The van der Waals surface area contributed by atoms with E-state index in [1.807, 2.05) is 36.4 Å². The van der Waals surface area contributed by atoms with Crippen LogP contribution in [-0.2, 0) is 4.79 Å². The zero-order chi connectivity index (χ0) is 20.2. The maximum Gasteiger partial charge on any atom is 0.249 e. The second-order valence-electron chi connectivity index (χ2n) is 7.25. The van der Waals surface area contributed by atoms with Crippen LogP contribution >= 0.6 is 0 Å². The molecule has 1 aromatic carbocycles. The summed E-state index contributed by atoms with van der Waals surface area (Å²) >= 11 is 0. The van der Waals surface area contributed by atoms with Crippen molar-refractivity contribution in [2.75, 3.05) is 5.32 Å². The number of benzene rings is 1. The fraction of sp³-hybridized carbons (Fsp3) is 0.217. The van der Waals surface area contributed by atoms with Crippen LogP contribution in [0.4, 0.5) is 5.82 Å². The van der Waals surface area contributed by atoms with Crippen molar-refractivity contribution in [1.82, 2.24) is 9.97 Å². The van der Waals surface area contributed by atoms with E-state index >= 15 is 0 Å². The van der Waals surface area contributed by atoms with E-state index in [-0.39, 0.29) is 11.8 Å². The van der Waals surface area contributed by atoms with Gasteiger partial charge >= 0.3 is 0 Å². The van der Waals surface area contributed by atoms with Gasteiger partial charge in [0.25, 0.3) is 0 Å². The zero-order valence-corrected chi connectivity index (χ0v) is 16.0. The van der Waals surface area contributed by atoms with Gasteiger partial charge in [-0.1, -0.05) is 43.2 Å². The smallest absolute Gasteiger partial charge is 0.249 e. The summed E-state index contributed by atoms with van der Waals surface area (Å²) in [6.07, 6.45) is 8.77. The first-order valence-electron chi connectivity index (χ1n) is 9.74. The van der Waals surface area contributed by atoms with Gasteiger partial charge in [-0.2, -0.15) is 0 Å². The van der Waals surface area contributed by atoms with Crippen LogP contribution in [0.3, 0.4) is 0 Å². The minimum Gasteiger partial charge on any atom is -0.366 e. The maximum atomic E-state index is 12.7. The number of nitrogens with zero attached hydrogens (tertiary/aromatic N) is 2. The lowest BCUT2D eigenvalue weighted by molar-refractivity contribution is -0.119. The molecule has 146 valence electrons. The van der Waals surface area contributed by atoms with Gasteiger partial charge in [-0.15, -0.1) is 0 Å². The number of hydrogen-bond donors (Lipinski definition) is 2. The SMILES string of the molecule is NC(=O)c1ccnc(NC(=O)C2CCCC2)c1-c1cncc(-c2ccccc2)c1. The molecule has 4 rings (SSSR count). The number of carbonyl (C=O) groups is 2. The molecule has 0 unspecified atom stereocenters. The summed E-state index contributed by atoms with van der Waals surface area (Å²) in [5.41, 5.74) is 9.00. The highest BCUT2D eigenvalue weighted by Crippen LogP contribution is 2.33. The number of hydrogen-bond acceptors (Lipinski definition) is 4. The number of rotatable bonds is 5. The fourth-order valence-corrected chi connectivity index (χ4v) is 3.83. The van der Waals surface area contributed by atoms with Crippen LogP contribution < -0.4 is 11.1 Å². The van der Waals surface area contributed by atoms with Gasteiger partial charge in [0.1, 0.15) is 5.82 Å². The molecule has 1 aliphatic carbocycles. The molecule has 0 spiro atoms. The van der Waals surface area contributed by atoms with Crippen molar-refractivity contribution < 1.29 is 9.59 Å². The largest absolute Gasteiger partial charge is 0.366 e. The van der Waals surface area contributed by atoms with Crippen LogP contribution in [0.25, 0.3) is 22.3 Å². The molecule has 2 amide bonds. The Morgan fingerprint density at radius 1 is 0.966 bits per heavy atom. The van der Waals surface area contributed by atoms with Crippen LogP contribution in [0.15, 0.2) is 61.1 Å². The van der Waals surface area contributed by atoms with E-state index in [0.29, 0.717) is 22.5 Å². The lowest BCUT2D eigenvalue weighted by Crippen LogP contribution is -2.22. The van der Waals surface area contributed by atoms with E-state index in [0.717, 1.165) is 36.8 Å². The van der Waals surface area contributed by atoms with Crippen molar-refractivity contribution in [1.29, 1.82) is 0 Å². The summed E-state index contributed by atoms with van der Waals surface area (Å²) in [5, 5.41) is 2.92. The molecule has 2 heterocycles. The zero-order valence-electron chi connectivity index (χ0n) is 16.0. The summed E-state index contributed by atoms with van der Waals surface area (Å²) in [7, 11) is 0. The average molecular weight is 386 g/mol. The number of primary amides is 1. The summed E-state index contributed by atoms with van der Waals surface area (Å²) in [4.78, 5) is 33.5. The number of pyridine rings is 2. The Kier molecular flexibility index (Phi) is 5.33. The molecule has 0 bridgehead atoms. The lowest BCUT2D eigenvalue weighted by atomic mass is 9.98. The fourth-order valence-electron chi connectivity index (χ4n) is 3.83. The normalized spacial score (nSPS) is 13.9. The molecule has 6 nitrogen and oxygen atoms in total. The van der Waals surface area contributed by atoms with Crippen LogP contribution in [0.1, 0.15) is 36.0 Å². The van der Waals surface area contributed by atoms with E-state index in [9.17, 15) is 9.59 Å². The first-order chi connectivity index (χ1) is 14.1. The van der Waals surface area contributed by atoms with Gasteiger partial charge in [0.05, 0.1) is 5.56 Å². The molecule has 0 aliphatic heterocycles. The molecule has 2 aromatic heterocycles. The molecule has 1 fully saturated rings. The predicted octanol–water partition coefficient (Wildman–Crippen LogP) is 4.04. The van der Waals surface area contributed by atoms with Gasteiger partial charge < -0.3 is 11.1 Å². The Labute approximate surface area is 169 Å². The van der Waals surface area contributed by atoms with Crippen molar-refractivity contribution in [2.45, 2.75) is 25.7 Å². The van der Waals surface area contributed by atoms with Crippen LogP contribution in [-0.4, -0.2) is 21.8 Å². The van der Waals surface area contributed by atoms with E-state index in [1.54, 1.807) is 18.5 Å². The highest BCUT2D eigenvalue weighted by Gasteiger charge is 2.25. The first-order valence-corrected chi connectivity index (χ1v) is 9.74. The minimum absolute atomic E-state index is 0.0179. The number of aromatic nitrogens is 2. The van der Waals surface area contributed by atoms with Gasteiger partial charge in [0.2, 0.25) is 11.8 Å². The van der Waals surface area contributed by atoms with Crippen LogP contribution in [0.5, 0.6) is 0 Å². The molecular formula is C23H22N4O2. The van der Waals surface area contributed by atoms with Gasteiger partial charge in [0.15, 0.2) is 0 Å². The van der Waals surface area contributed by atoms with E-state index in [4.69, 9.17) is 5.73 Å². The number of amides is 2. The third kappa shape index (κ3) is 4.01. The Balaban J connectivity index is 1.77. The molecule has 1 saturated carbocycles. The van der Waals surface area contributed by atoms with Gasteiger partial charge in [-0.05, 0) is 30.5 Å². The lowest BCUT2D eigenvalue weighted by Gasteiger charge is -2.16. The van der Waals surface area contributed by atoms with E-state index < -0.39 is 5.91 Å². The van der Waals surface area contributed by atoms with Gasteiger partial charge in [-0.3, -0.25) is 14.6 Å². The Morgan fingerprint density at radius 2 is 1.69 bits per heavy atom.